The minimum atomic E-state index is 0.839. The maximum absolute atomic E-state index is 3.52. The van der Waals surface area contributed by atoms with Crippen molar-refractivity contribution < 1.29 is 4.48 Å². The lowest BCUT2D eigenvalue weighted by atomic mass is 9.82. The van der Waals surface area contributed by atoms with Crippen LogP contribution in [0.1, 0.15) is 32.6 Å². The molecule has 0 aliphatic carbocycles. The molecule has 3 unspecified atom stereocenters. The van der Waals surface area contributed by atoms with E-state index in [1.165, 1.54) is 43.3 Å². The highest BCUT2D eigenvalue weighted by atomic mass is 15.4. The summed E-state index contributed by atoms with van der Waals surface area (Å²) in [4.78, 5) is 0. The number of hydrogen-bond acceptors (Lipinski definition) is 1. The molecule has 0 bridgehead atoms. The summed E-state index contributed by atoms with van der Waals surface area (Å²) in [7, 11) is 4.76. The van der Waals surface area contributed by atoms with Gasteiger partial charge in [-0.2, -0.15) is 0 Å². The second-order valence-electron chi connectivity index (χ2n) is 5.71. The third-order valence-corrected chi connectivity index (χ3v) is 4.55. The molecule has 0 radical (unpaired) electrons. The molecule has 0 amide bonds. The number of quaternary nitrogens is 1. The molecule has 2 aliphatic rings. The second-order valence-corrected chi connectivity index (χ2v) is 5.71. The van der Waals surface area contributed by atoms with Gasteiger partial charge in [0.1, 0.15) is 0 Å². The van der Waals surface area contributed by atoms with E-state index >= 15 is 0 Å². The Morgan fingerprint density at radius 3 is 2.43 bits per heavy atom. The van der Waals surface area contributed by atoms with E-state index < -0.39 is 0 Å². The lowest BCUT2D eigenvalue weighted by molar-refractivity contribution is -0.955. The molecule has 0 spiro atoms. The predicted octanol–water partition coefficient (Wildman–Crippen LogP) is 1.61. The summed E-state index contributed by atoms with van der Waals surface area (Å²) in [5.74, 6) is 0.987. The first-order valence-electron chi connectivity index (χ1n) is 6.19. The summed E-state index contributed by atoms with van der Waals surface area (Å²) in [5.41, 5.74) is 0. The molecule has 2 rings (SSSR count). The maximum atomic E-state index is 3.52. The van der Waals surface area contributed by atoms with E-state index in [1.54, 1.807) is 0 Å². The molecule has 2 aliphatic heterocycles. The fraction of sp³-hybridized carbons (Fsp3) is 1.00. The van der Waals surface area contributed by atoms with Crippen molar-refractivity contribution in [1.29, 1.82) is 0 Å². The van der Waals surface area contributed by atoms with Crippen LogP contribution in [0.4, 0.5) is 0 Å². The van der Waals surface area contributed by atoms with Gasteiger partial charge in [0.15, 0.2) is 0 Å². The number of hydrogen-bond donors (Lipinski definition) is 1. The molecular weight excluding hydrogens is 172 g/mol. The topological polar surface area (TPSA) is 12.0 Å². The molecular formula is C12H25N2+. The third-order valence-electron chi connectivity index (χ3n) is 4.55. The van der Waals surface area contributed by atoms with Gasteiger partial charge in [0.2, 0.25) is 0 Å². The Morgan fingerprint density at radius 2 is 2.07 bits per heavy atom. The highest BCUT2D eigenvalue weighted by Gasteiger charge is 2.39. The molecule has 0 aromatic heterocycles. The molecule has 0 aromatic rings. The summed E-state index contributed by atoms with van der Waals surface area (Å²) in [6.45, 7) is 4.97. The van der Waals surface area contributed by atoms with Crippen molar-refractivity contribution in [3.63, 3.8) is 0 Å². The highest BCUT2D eigenvalue weighted by Crippen LogP contribution is 2.30. The predicted molar refractivity (Wildman–Crippen MR) is 60.2 cm³/mol. The molecule has 2 fully saturated rings. The normalized spacial score (nSPS) is 40.1. The first kappa shape index (κ1) is 10.4. The Labute approximate surface area is 88.3 Å². The van der Waals surface area contributed by atoms with Crippen LogP contribution in [0, 0.1) is 5.92 Å². The Balaban J connectivity index is 1.68. The van der Waals surface area contributed by atoms with Gasteiger partial charge < -0.3 is 9.80 Å². The van der Waals surface area contributed by atoms with Gasteiger partial charge in [-0.1, -0.05) is 6.92 Å². The van der Waals surface area contributed by atoms with E-state index in [4.69, 9.17) is 0 Å². The quantitative estimate of drug-likeness (QED) is 0.675. The van der Waals surface area contributed by atoms with Gasteiger partial charge in [0.05, 0.1) is 26.7 Å². The van der Waals surface area contributed by atoms with Crippen molar-refractivity contribution in [3.05, 3.63) is 0 Å². The van der Waals surface area contributed by atoms with Crippen LogP contribution >= 0.6 is 0 Å². The minimum Gasteiger partial charge on any atom is -0.326 e. The molecule has 2 nitrogen and oxygen atoms in total. The van der Waals surface area contributed by atoms with Crippen LogP contribution in [-0.4, -0.2) is 43.8 Å². The van der Waals surface area contributed by atoms with Crippen LogP contribution in [0.15, 0.2) is 0 Å². The van der Waals surface area contributed by atoms with E-state index in [0.717, 1.165) is 18.0 Å². The van der Waals surface area contributed by atoms with Gasteiger partial charge >= 0.3 is 0 Å². The molecule has 2 heterocycles. The third kappa shape index (κ3) is 1.82. The summed E-state index contributed by atoms with van der Waals surface area (Å²) in [5, 5.41) is 3.52. The monoisotopic (exact) mass is 197 g/mol. The molecule has 2 saturated heterocycles. The van der Waals surface area contributed by atoms with Crippen LogP contribution in [0.25, 0.3) is 0 Å². The van der Waals surface area contributed by atoms with E-state index in [2.05, 4.69) is 26.3 Å². The zero-order chi connectivity index (χ0) is 10.2. The summed E-state index contributed by atoms with van der Waals surface area (Å²) >= 11 is 0. The fourth-order valence-electron chi connectivity index (χ4n) is 2.96. The molecule has 3 atom stereocenters. The molecule has 0 saturated carbocycles. The first-order chi connectivity index (χ1) is 6.63. The fourth-order valence-corrected chi connectivity index (χ4v) is 2.96. The van der Waals surface area contributed by atoms with Gasteiger partial charge in [-0.15, -0.1) is 0 Å². The van der Waals surface area contributed by atoms with E-state index in [9.17, 15) is 0 Å². The van der Waals surface area contributed by atoms with Crippen LogP contribution < -0.4 is 5.32 Å². The molecule has 14 heavy (non-hydrogen) atoms. The SMILES string of the molecule is CCC1NCC1CCC1CC[N+]1(C)C. The second kappa shape index (κ2) is 3.82. The minimum absolute atomic E-state index is 0.839. The Kier molecular flexibility index (Phi) is 2.85. The van der Waals surface area contributed by atoms with Crippen molar-refractivity contribution in [2.75, 3.05) is 27.2 Å². The zero-order valence-electron chi connectivity index (χ0n) is 9.92. The standard InChI is InChI=1S/C12H25N2/c1-4-12-10(9-13-12)5-6-11-7-8-14(11,2)3/h10-13H,4-9H2,1-3H3/q+1. The van der Waals surface area contributed by atoms with Gasteiger partial charge in [0, 0.05) is 18.9 Å². The van der Waals surface area contributed by atoms with E-state index in [1.807, 2.05) is 0 Å². The number of nitrogens with zero attached hydrogens (tertiary/aromatic N) is 1. The number of likely N-dealkylation sites (tertiary alicyclic amines) is 1. The number of rotatable bonds is 4. The summed E-state index contributed by atoms with van der Waals surface area (Å²) < 4.78 is 1.27. The summed E-state index contributed by atoms with van der Waals surface area (Å²) in [6, 6.07) is 1.80. The molecule has 82 valence electrons. The molecule has 0 aromatic carbocycles. The first-order valence-corrected chi connectivity index (χ1v) is 6.19. The molecule has 2 heteroatoms. The van der Waals surface area contributed by atoms with E-state index in [-0.39, 0.29) is 0 Å². The largest absolute Gasteiger partial charge is 0.326 e. The van der Waals surface area contributed by atoms with Crippen LogP contribution in [0.5, 0.6) is 0 Å². The van der Waals surface area contributed by atoms with Crippen molar-refractivity contribution in [2.24, 2.45) is 5.92 Å². The Morgan fingerprint density at radius 1 is 1.29 bits per heavy atom. The van der Waals surface area contributed by atoms with Crippen molar-refractivity contribution in [3.8, 4) is 0 Å². The lowest BCUT2D eigenvalue weighted by Crippen LogP contribution is -2.60. The highest BCUT2D eigenvalue weighted by molar-refractivity contribution is 4.87. The van der Waals surface area contributed by atoms with Crippen LogP contribution in [0.2, 0.25) is 0 Å². The van der Waals surface area contributed by atoms with Gasteiger partial charge in [-0.05, 0) is 25.3 Å². The average molecular weight is 197 g/mol. The van der Waals surface area contributed by atoms with E-state index in [0.29, 0.717) is 0 Å². The van der Waals surface area contributed by atoms with Crippen molar-refractivity contribution >= 4 is 0 Å². The molecule has 1 N–H and O–H groups in total. The lowest BCUT2D eigenvalue weighted by Gasteiger charge is -2.48. The van der Waals surface area contributed by atoms with Gasteiger partial charge in [-0.3, -0.25) is 0 Å². The number of nitrogens with one attached hydrogen (secondary N) is 1. The van der Waals surface area contributed by atoms with Crippen LogP contribution in [-0.2, 0) is 0 Å². The van der Waals surface area contributed by atoms with Crippen LogP contribution in [0.3, 0.4) is 0 Å². The Hall–Kier alpha value is -0.0800. The maximum Gasteiger partial charge on any atom is 0.0940 e. The van der Waals surface area contributed by atoms with Crippen molar-refractivity contribution in [1.82, 2.24) is 5.32 Å². The average Bonchev–Trinajstić information content (AvgIpc) is 2.09. The zero-order valence-corrected chi connectivity index (χ0v) is 9.92. The van der Waals surface area contributed by atoms with Gasteiger partial charge in [0.25, 0.3) is 0 Å². The Bertz CT molecular complexity index is 198. The van der Waals surface area contributed by atoms with Crippen molar-refractivity contribution in [2.45, 2.75) is 44.7 Å². The van der Waals surface area contributed by atoms with Gasteiger partial charge in [-0.25, -0.2) is 0 Å². The summed E-state index contributed by atoms with van der Waals surface area (Å²) in [6.07, 6.45) is 5.69. The smallest absolute Gasteiger partial charge is 0.0940 e.